The number of carboxylic acids is 2. The van der Waals surface area contributed by atoms with Gasteiger partial charge in [-0.3, -0.25) is 0 Å². The van der Waals surface area contributed by atoms with Crippen molar-refractivity contribution in [3.63, 3.8) is 0 Å². The number of hydrogen-bond acceptors (Lipinski definition) is 5. The van der Waals surface area contributed by atoms with Crippen LogP contribution >= 0.6 is 0 Å². The lowest BCUT2D eigenvalue weighted by Crippen LogP contribution is -2.16. The number of hydrogen-bond donors (Lipinski definition) is 3. The van der Waals surface area contributed by atoms with E-state index in [1.165, 1.54) is 0 Å². The molecule has 7 nitrogen and oxygen atoms in total. The summed E-state index contributed by atoms with van der Waals surface area (Å²) in [6, 6.07) is 0. The second kappa shape index (κ2) is 32.9. The Hall–Kier alpha value is -1.18. The van der Waals surface area contributed by atoms with E-state index in [9.17, 15) is 0 Å². The number of carboxylic acid groups (broad SMARTS) is 2. The molecule has 7 heteroatoms. The second-order valence-corrected chi connectivity index (χ2v) is 0.983. The highest BCUT2D eigenvalue weighted by molar-refractivity contribution is 5.60. The van der Waals surface area contributed by atoms with E-state index in [4.69, 9.17) is 24.9 Å². The first-order chi connectivity index (χ1) is 4.46. The Kier molecular flexibility index (Phi) is 84.4. The van der Waals surface area contributed by atoms with Crippen LogP contribution in [-0.4, -0.2) is 24.2 Å². The lowest BCUT2D eigenvalue weighted by molar-refractivity contribution is -0.303. The summed E-state index contributed by atoms with van der Waals surface area (Å²) in [5.74, 6) is -2.17. The smallest absolute Gasteiger partial charge is 0.0383 e. The Labute approximate surface area is 71.2 Å². The van der Waals surface area contributed by atoms with Crippen LogP contribution in [0.5, 0.6) is 0 Å². The number of quaternary nitrogens is 2. The minimum atomic E-state index is -1.08. The summed E-state index contributed by atoms with van der Waals surface area (Å²) >= 11 is 0. The average molecular weight is 186 g/mol. The zero-order valence-corrected chi connectivity index (χ0v) is 8.08. The van der Waals surface area contributed by atoms with Gasteiger partial charge in [0.2, 0.25) is 0 Å². The molecule has 0 rings (SSSR count). The van der Waals surface area contributed by atoms with Crippen LogP contribution in [0.2, 0.25) is 0 Å². The number of aliphatic carboxylic acids is 2. The van der Waals surface area contributed by atoms with Crippen molar-refractivity contribution in [2.24, 2.45) is 0 Å². The van der Waals surface area contributed by atoms with Gasteiger partial charge in [0.1, 0.15) is 0 Å². The third-order valence-electron chi connectivity index (χ3n) is 0. The van der Waals surface area contributed by atoms with Crippen molar-refractivity contribution in [2.75, 3.05) is 7.11 Å². The predicted molar refractivity (Wildman–Crippen MR) is 41.5 cm³/mol. The molecule has 0 saturated heterocycles. The number of rotatable bonds is 0. The van der Waals surface area contributed by atoms with Crippen molar-refractivity contribution in [2.45, 2.75) is 13.8 Å². The van der Waals surface area contributed by atoms with Crippen LogP contribution in [-0.2, 0) is 9.59 Å². The van der Waals surface area contributed by atoms with Gasteiger partial charge in [-0.1, -0.05) is 0 Å². The molecule has 0 aromatic carbocycles. The molecule has 0 saturated carbocycles. The summed E-state index contributed by atoms with van der Waals surface area (Å²) in [4.78, 5) is 17.8. The Morgan fingerprint density at radius 3 is 0.917 bits per heavy atom. The van der Waals surface area contributed by atoms with E-state index >= 15 is 0 Å². The van der Waals surface area contributed by atoms with Crippen molar-refractivity contribution in [3.8, 4) is 0 Å². The van der Waals surface area contributed by atoms with Crippen LogP contribution in [0.1, 0.15) is 13.8 Å². The van der Waals surface area contributed by atoms with Crippen LogP contribution in [0.3, 0.4) is 0 Å². The maximum atomic E-state index is 8.89. The predicted octanol–water partition coefficient (Wildman–Crippen LogP) is -2.13. The molecule has 0 aliphatic carbocycles. The molecule has 0 bridgehead atoms. The van der Waals surface area contributed by atoms with Gasteiger partial charge in [-0.2, -0.15) is 0 Å². The largest absolute Gasteiger partial charge is 0.550 e. The topological polar surface area (TPSA) is 173 Å². The minimum Gasteiger partial charge on any atom is -0.550 e. The van der Waals surface area contributed by atoms with E-state index in [0.717, 1.165) is 21.0 Å². The van der Waals surface area contributed by atoms with E-state index in [1.54, 1.807) is 0 Å². The Morgan fingerprint density at radius 1 is 0.917 bits per heavy atom. The van der Waals surface area contributed by atoms with Crippen LogP contribution in [0.25, 0.3) is 0 Å². The average Bonchev–Trinajstić information content (AvgIpc) is 1.66. The fraction of sp³-hybridized carbons (Fsp3) is 0.600. The first-order valence-corrected chi connectivity index (χ1v) is 2.26. The normalized spacial score (nSPS) is 4.67. The number of aliphatic hydroxyl groups is 1. The van der Waals surface area contributed by atoms with Crippen LogP contribution < -0.4 is 22.5 Å². The molecule has 0 aromatic heterocycles. The van der Waals surface area contributed by atoms with Crippen LogP contribution in [0.4, 0.5) is 0 Å². The number of carbonyl (C=O) groups is 2. The molecular weight excluding hydrogens is 168 g/mol. The van der Waals surface area contributed by atoms with Gasteiger partial charge in [0.15, 0.2) is 0 Å². The maximum Gasteiger partial charge on any atom is 0.0383 e. The maximum absolute atomic E-state index is 8.89. The Morgan fingerprint density at radius 2 is 0.917 bits per heavy atom. The standard InChI is InChI=1S/2C2H4O2.CH4O.2H3N/c2*1-2(3)4;1-2;;/h2*1H3,(H,3,4);2H,1H3;2*1H3. The molecule has 0 unspecified atom stereocenters. The Bertz CT molecular complexity index is 75.8. The quantitative estimate of drug-likeness (QED) is 0.391. The van der Waals surface area contributed by atoms with Crippen molar-refractivity contribution in [1.82, 2.24) is 12.3 Å². The van der Waals surface area contributed by atoms with E-state index in [-0.39, 0.29) is 12.3 Å². The van der Waals surface area contributed by atoms with E-state index < -0.39 is 11.9 Å². The van der Waals surface area contributed by atoms with Gasteiger partial charge in [0, 0.05) is 19.0 Å². The molecule has 0 radical (unpaired) electrons. The zero-order valence-electron chi connectivity index (χ0n) is 8.08. The molecule has 0 fully saturated rings. The van der Waals surface area contributed by atoms with Crippen LogP contribution in [0.15, 0.2) is 0 Å². The molecule has 0 aliphatic rings. The van der Waals surface area contributed by atoms with E-state index in [1.807, 2.05) is 0 Å². The fourth-order valence-corrected chi connectivity index (χ4v) is 0. The van der Waals surface area contributed by atoms with Crippen molar-refractivity contribution in [1.29, 1.82) is 0 Å². The second-order valence-electron chi connectivity index (χ2n) is 0.983. The molecule has 0 atom stereocenters. The van der Waals surface area contributed by atoms with E-state index in [2.05, 4.69) is 0 Å². The zero-order chi connectivity index (χ0) is 9.15. The molecule has 12 heavy (non-hydrogen) atoms. The van der Waals surface area contributed by atoms with Crippen molar-refractivity contribution >= 4 is 11.9 Å². The minimum absolute atomic E-state index is 0. The summed E-state index contributed by atoms with van der Waals surface area (Å²) in [6.07, 6.45) is 0. The van der Waals surface area contributed by atoms with E-state index in [0.29, 0.717) is 0 Å². The first kappa shape index (κ1) is 30.8. The van der Waals surface area contributed by atoms with Gasteiger partial charge in [-0.25, -0.2) is 0 Å². The molecular formula is C5H18N2O5. The lowest BCUT2D eigenvalue weighted by atomic mass is 10.9. The molecule has 0 amide bonds. The third kappa shape index (κ3) is 387. The molecule has 0 spiro atoms. The lowest BCUT2D eigenvalue weighted by Gasteiger charge is -1.77. The highest BCUT2D eigenvalue weighted by Crippen LogP contribution is 1.31. The van der Waals surface area contributed by atoms with Gasteiger partial charge in [0.05, 0.1) is 0 Å². The molecule has 78 valence electrons. The molecule has 0 aromatic rings. The summed E-state index contributed by atoms with van der Waals surface area (Å²) < 4.78 is 0. The Balaban J connectivity index is -0.0000000198. The van der Waals surface area contributed by atoms with Crippen LogP contribution in [0, 0.1) is 0 Å². The summed E-state index contributed by atoms with van der Waals surface area (Å²) in [5, 5.41) is 24.8. The highest BCUT2D eigenvalue weighted by Gasteiger charge is 1.46. The van der Waals surface area contributed by atoms with Gasteiger partial charge in [-0.05, 0) is 13.8 Å². The molecule has 9 N–H and O–H groups in total. The third-order valence-corrected chi connectivity index (χ3v) is 0. The fourth-order valence-electron chi connectivity index (χ4n) is 0. The summed E-state index contributed by atoms with van der Waals surface area (Å²) in [6.45, 7) is 1.94. The SMILES string of the molecule is CC(=O)[O-].CC(=O)[O-].CO.[NH4+].[NH4+]. The van der Waals surface area contributed by atoms with Crippen molar-refractivity contribution in [3.05, 3.63) is 0 Å². The van der Waals surface area contributed by atoms with Gasteiger partial charge < -0.3 is 37.2 Å². The van der Waals surface area contributed by atoms with Crippen molar-refractivity contribution < 1.29 is 24.9 Å². The molecule has 0 aliphatic heterocycles. The first-order valence-electron chi connectivity index (χ1n) is 2.26. The van der Waals surface area contributed by atoms with Gasteiger partial charge in [0.25, 0.3) is 0 Å². The number of carbonyl (C=O) groups excluding carboxylic acids is 2. The molecule has 0 heterocycles. The van der Waals surface area contributed by atoms with Gasteiger partial charge in [-0.15, -0.1) is 0 Å². The summed E-state index contributed by atoms with van der Waals surface area (Å²) in [5.41, 5.74) is 0. The van der Waals surface area contributed by atoms with Gasteiger partial charge >= 0.3 is 0 Å². The monoisotopic (exact) mass is 186 g/mol. The highest BCUT2D eigenvalue weighted by atomic mass is 16.4. The summed E-state index contributed by atoms with van der Waals surface area (Å²) in [7, 11) is 1.00. The number of aliphatic hydroxyl groups excluding tert-OH is 1.